The fraction of sp³-hybridized carbons (Fsp3) is 0.0625. The van der Waals surface area contributed by atoms with Gasteiger partial charge in [0.05, 0.1) is 5.69 Å². The number of nitrogen functional groups attached to an aromatic ring is 1. The van der Waals surface area contributed by atoms with Crippen molar-refractivity contribution >= 4 is 17.0 Å². The lowest BCUT2D eigenvalue weighted by molar-refractivity contribution is 1.07. The number of benzene rings is 2. The monoisotopic (exact) mass is 281 g/mol. The quantitative estimate of drug-likeness (QED) is 0.722. The molecule has 0 radical (unpaired) electrons. The van der Waals surface area contributed by atoms with Crippen molar-refractivity contribution in [1.82, 2.24) is 4.98 Å². The molecule has 4 heteroatoms. The SMILES string of the molecule is NCc1ccccc1-c1nc(-c2cccc(N)c2)cs1. The highest BCUT2D eigenvalue weighted by atomic mass is 32.1. The van der Waals surface area contributed by atoms with E-state index in [2.05, 4.69) is 11.4 Å². The van der Waals surface area contributed by atoms with E-state index in [1.807, 2.05) is 42.5 Å². The van der Waals surface area contributed by atoms with Gasteiger partial charge in [-0.25, -0.2) is 4.98 Å². The summed E-state index contributed by atoms with van der Waals surface area (Å²) in [6.07, 6.45) is 0. The number of rotatable bonds is 3. The van der Waals surface area contributed by atoms with Crippen LogP contribution >= 0.6 is 11.3 Å². The van der Waals surface area contributed by atoms with Gasteiger partial charge in [0.1, 0.15) is 5.01 Å². The highest BCUT2D eigenvalue weighted by molar-refractivity contribution is 7.13. The average molecular weight is 281 g/mol. The summed E-state index contributed by atoms with van der Waals surface area (Å²) in [4.78, 5) is 4.71. The minimum Gasteiger partial charge on any atom is -0.399 e. The zero-order valence-electron chi connectivity index (χ0n) is 10.9. The molecule has 0 saturated heterocycles. The Hall–Kier alpha value is -2.17. The summed E-state index contributed by atoms with van der Waals surface area (Å²) in [5.74, 6) is 0. The molecular weight excluding hydrogens is 266 g/mol. The first kappa shape index (κ1) is 12.8. The molecule has 1 heterocycles. The summed E-state index contributed by atoms with van der Waals surface area (Å²) in [5.41, 5.74) is 16.6. The second kappa shape index (κ2) is 5.45. The van der Waals surface area contributed by atoms with Crippen molar-refractivity contribution in [3.05, 3.63) is 59.5 Å². The first-order valence-corrected chi connectivity index (χ1v) is 7.25. The van der Waals surface area contributed by atoms with Gasteiger partial charge in [-0.15, -0.1) is 11.3 Å². The largest absolute Gasteiger partial charge is 0.399 e. The molecule has 0 bridgehead atoms. The molecule has 20 heavy (non-hydrogen) atoms. The van der Waals surface area contributed by atoms with E-state index in [4.69, 9.17) is 16.5 Å². The smallest absolute Gasteiger partial charge is 0.124 e. The van der Waals surface area contributed by atoms with Crippen molar-refractivity contribution in [1.29, 1.82) is 0 Å². The molecule has 4 N–H and O–H groups in total. The van der Waals surface area contributed by atoms with Gasteiger partial charge in [-0.2, -0.15) is 0 Å². The fourth-order valence-corrected chi connectivity index (χ4v) is 3.02. The van der Waals surface area contributed by atoms with E-state index in [1.54, 1.807) is 11.3 Å². The molecule has 3 nitrogen and oxygen atoms in total. The minimum absolute atomic E-state index is 0.517. The second-order valence-electron chi connectivity index (χ2n) is 4.52. The maximum atomic E-state index is 5.82. The summed E-state index contributed by atoms with van der Waals surface area (Å²) in [5, 5.41) is 3.04. The van der Waals surface area contributed by atoms with E-state index in [0.717, 1.165) is 33.1 Å². The molecule has 2 aromatic carbocycles. The number of nitrogens with two attached hydrogens (primary N) is 2. The van der Waals surface area contributed by atoms with Crippen LogP contribution in [0.2, 0.25) is 0 Å². The van der Waals surface area contributed by atoms with Crippen molar-refractivity contribution in [3.8, 4) is 21.8 Å². The van der Waals surface area contributed by atoms with E-state index in [-0.39, 0.29) is 0 Å². The third kappa shape index (κ3) is 2.43. The first-order chi connectivity index (χ1) is 9.78. The molecule has 0 aliphatic rings. The second-order valence-corrected chi connectivity index (χ2v) is 5.38. The van der Waals surface area contributed by atoms with Crippen molar-refractivity contribution in [2.45, 2.75) is 6.54 Å². The zero-order valence-corrected chi connectivity index (χ0v) is 11.7. The summed E-state index contributed by atoms with van der Waals surface area (Å²) < 4.78 is 0. The number of hydrogen-bond acceptors (Lipinski definition) is 4. The summed E-state index contributed by atoms with van der Waals surface area (Å²) in [6.45, 7) is 0.517. The maximum absolute atomic E-state index is 5.82. The molecule has 0 atom stereocenters. The van der Waals surface area contributed by atoms with E-state index in [0.29, 0.717) is 6.54 Å². The molecular formula is C16H15N3S. The average Bonchev–Trinajstić information content (AvgIpc) is 2.97. The van der Waals surface area contributed by atoms with Gasteiger partial charge >= 0.3 is 0 Å². The number of anilines is 1. The normalized spacial score (nSPS) is 10.7. The topological polar surface area (TPSA) is 64.9 Å². The Balaban J connectivity index is 2.02. The summed E-state index contributed by atoms with van der Waals surface area (Å²) >= 11 is 1.63. The van der Waals surface area contributed by atoms with Crippen LogP contribution in [0, 0.1) is 0 Å². The Morgan fingerprint density at radius 1 is 1.05 bits per heavy atom. The highest BCUT2D eigenvalue weighted by Crippen LogP contribution is 2.31. The van der Waals surface area contributed by atoms with Gasteiger partial charge in [0.25, 0.3) is 0 Å². The molecule has 0 saturated carbocycles. The van der Waals surface area contributed by atoms with Crippen LogP contribution in [0.15, 0.2) is 53.9 Å². The van der Waals surface area contributed by atoms with Crippen LogP contribution in [-0.4, -0.2) is 4.98 Å². The van der Waals surface area contributed by atoms with Crippen molar-refractivity contribution in [2.75, 3.05) is 5.73 Å². The molecule has 3 rings (SSSR count). The van der Waals surface area contributed by atoms with Crippen LogP contribution in [0.1, 0.15) is 5.56 Å². The van der Waals surface area contributed by atoms with Crippen molar-refractivity contribution < 1.29 is 0 Å². The predicted molar refractivity (Wildman–Crippen MR) is 85.3 cm³/mol. The van der Waals surface area contributed by atoms with Crippen LogP contribution in [0.4, 0.5) is 5.69 Å². The summed E-state index contributed by atoms with van der Waals surface area (Å²) in [7, 11) is 0. The Morgan fingerprint density at radius 3 is 2.70 bits per heavy atom. The minimum atomic E-state index is 0.517. The van der Waals surface area contributed by atoms with E-state index >= 15 is 0 Å². The van der Waals surface area contributed by atoms with Crippen LogP contribution in [0.25, 0.3) is 21.8 Å². The molecule has 1 aromatic heterocycles. The Morgan fingerprint density at radius 2 is 1.90 bits per heavy atom. The van der Waals surface area contributed by atoms with E-state index in [9.17, 15) is 0 Å². The zero-order chi connectivity index (χ0) is 13.9. The summed E-state index contributed by atoms with van der Waals surface area (Å²) in [6, 6.07) is 15.9. The van der Waals surface area contributed by atoms with Crippen LogP contribution in [-0.2, 0) is 6.54 Å². The lowest BCUT2D eigenvalue weighted by Crippen LogP contribution is -1.98. The van der Waals surface area contributed by atoms with Crippen LogP contribution in [0.3, 0.4) is 0 Å². The lowest BCUT2D eigenvalue weighted by atomic mass is 10.1. The third-order valence-corrected chi connectivity index (χ3v) is 4.03. The van der Waals surface area contributed by atoms with Gasteiger partial charge in [0, 0.05) is 28.7 Å². The standard InChI is InChI=1S/C16H15N3S/c17-9-12-4-1-2-7-14(12)16-19-15(10-20-16)11-5-3-6-13(18)8-11/h1-8,10H,9,17-18H2. The molecule has 3 aromatic rings. The molecule has 0 spiro atoms. The van der Waals surface area contributed by atoms with Crippen LogP contribution < -0.4 is 11.5 Å². The maximum Gasteiger partial charge on any atom is 0.124 e. The van der Waals surface area contributed by atoms with Gasteiger partial charge in [-0.1, -0.05) is 36.4 Å². The van der Waals surface area contributed by atoms with E-state index < -0.39 is 0 Å². The van der Waals surface area contributed by atoms with Crippen molar-refractivity contribution in [2.24, 2.45) is 5.73 Å². The fourth-order valence-electron chi connectivity index (χ4n) is 2.13. The Kier molecular flexibility index (Phi) is 3.50. The molecule has 0 unspecified atom stereocenters. The number of hydrogen-bond donors (Lipinski definition) is 2. The highest BCUT2D eigenvalue weighted by Gasteiger charge is 2.09. The Bertz CT molecular complexity index is 734. The predicted octanol–water partition coefficient (Wildman–Crippen LogP) is 3.52. The van der Waals surface area contributed by atoms with Gasteiger partial charge < -0.3 is 11.5 Å². The van der Waals surface area contributed by atoms with Crippen molar-refractivity contribution in [3.63, 3.8) is 0 Å². The third-order valence-electron chi connectivity index (χ3n) is 3.15. The van der Waals surface area contributed by atoms with E-state index in [1.165, 1.54) is 0 Å². The van der Waals surface area contributed by atoms with Gasteiger partial charge in [-0.05, 0) is 17.7 Å². The Labute approximate surface area is 121 Å². The molecule has 0 aliphatic carbocycles. The number of nitrogens with zero attached hydrogens (tertiary/aromatic N) is 1. The van der Waals surface area contributed by atoms with Gasteiger partial charge in [0.15, 0.2) is 0 Å². The molecule has 0 aliphatic heterocycles. The number of thiazole rings is 1. The van der Waals surface area contributed by atoms with Gasteiger partial charge in [0.2, 0.25) is 0 Å². The molecule has 0 fully saturated rings. The molecule has 0 amide bonds. The van der Waals surface area contributed by atoms with Crippen LogP contribution in [0.5, 0.6) is 0 Å². The lowest BCUT2D eigenvalue weighted by Gasteiger charge is -2.03. The van der Waals surface area contributed by atoms with Gasteiger partial charge in [-0.3, -0.25) is 0 Å². The molecule has 100 valence electrons. The first-order valence-electron chi connectivity index (χ1n) is 6.37. The number of aromatic nitrogens is 1.